The number of nitrogens with one attached hydrogen (secondary N) is 1. The highest BCUT2D eigenvalue weighted by Crippen LogP contribution is 2.35. The van der Waals surface area contributed by atoms with Crippen molar-refractivity contribution >= 4 is 23.2 Å². The fourth-order valence-electron chi connectivity index (χ4n) is 4.29. The number of aryl methyl sites for hydroxylation is 1. The van der Waals surface area contributed by atoms with Crippen molar-refractivity contribution in [2.45, 2.75) is 45.7 Å². The van der Waals surface area contributed by atoms with E-state index in [0.717, 1.165) is 50.1 Å². The largest absolute Gasteiger partial charge is 0.351 e. The molecule has 0 unspecified atom stereocenters. The van der Waals surface area contributed by atoms with Crippen LogP contribution in [0, 0.1) is 0 Å². The van der Waals surface area contributed by atoms with Crippen LogP contribution >= 0.6 is 0 Å². The lowest BCUT2D eigenvalue weighted by molar-refractivity contribution is 0.0582. The molecule has 2 aromatic rings. The lowest BCUT2D eigenvalue weighted by atomic mass is 9.97. The van der Waals surface area contributed by atoms with Gasteiger partial charge in [0, 0.05) is 24.3 Å². The molecule has 4 rings (SSSR count). The first-order valence-electron chi connectivity index (χ1n) is 10.2. The van der Waals surface area contributed by atoms with E-state index in [4.69, 9.17) is 0 Å². The summed E-state index contributed by atoms with van der Waals surface area (Å²) in [6.45, 7) is 5.84. The molecular formula is C23H27N3O2. The molecule has 1 atom stereocenters. The Balaban J connectivity index is 1.62. The number of carbonyl (C=O) groups excluding carboxylic acids is 2. The summed E-state index contributed by atoms with van der Waals surface area (Å²) < 4.78 is 0. The monoisotopic (exact) mass is 377 g/mol. The Bertz CT molecular complexity index is 891. The molecule has 1 N–H and O–H groups in total. The van der Waals surface area contributed by atoms with Crippen LogP contribution in [0.15, 0.2) is 42.5 Å². The van der Waals surface area contributed by atoms with Crippen molar-refractivity contribution in [2.24, 2.45) is 0 Å². The Morgan fingerprint density at radius 2 is 1.89 bits per heavy atom. The highest BCUT2D eigenvalue weighted by atomic mass is 16.2. The highest BCUT2D eigenvalue weighted by molar-refractivity contribution is 6.08. The van der Waals surface area contributed by atoms with Gasteiger partial charge in [-0.3, -0.25) is 9.59 Å². The van der Waals surface area contributed by atoms with E-state index < -0.39 is 0 Å². The van der Waals surface area contributed by atoms with Gasteiger partial charge in [-0.25, -0.2) is 0 Å². The van der Waals surface area contributed by atoms with Crippen LogP contribution in [0.2, 0.25) is 0 Å². The van der Waals surface area contributed by atoms with Gasteiger partial charge >= 0.3 is 0 Å². The number of fused-ring (bicyclic) bond motifs is 2. The van der Waals surface area contributed by atoms with Crippen LogP contribution in [-0.4, -0.2) is 36.0 Å². The molecular weight excluding hydrogens is 350 g/mol. The Labute approximate surface area is 166 Å². The zero-order valence-corrected chi connectivity index (χ0v) is 16.6. The molecule has 2 heterocycles. The minimum absolute atomic E-state index is 0.0894. The maximum atomic E-state index is 12.9. The molecule has 2 aliphatic rings. The van der Waals surface area contributed by atoms with Gasteiger partial charge in [0.15, 0.2) is 0 Å². The third-order valence-electron chi connectivity index (χ3n) is 5.85. The number of nitrogens with zero attached hydrogens (tertiary/aromatic N) is 2. The molecule has 2 amide bonds. The zero-order chi connectivity index (χ0) is 19.7. The van der Waals surface area contributed by atoms with Crippen molar-refractivity contribution in [3.05, 3.63) is 59.2 Å². The number of rotatable bonds is 4. The summed E-state index contributed by atoms with van der Waals surface area (Å²) >= 11 is 0. The van der Waals surface area contributed by atoms with E-state index in [2.05, 4.69) is 24.1 Å². The first-order chi connectivity index (χ1) is 13.6. The molecule has 0 aromatic heterocycles. The lowest BCUT2D eigenvalue weighted by Gasteiger charge is -2.47. The number of benzene rings is 2. The van der Waals surface area contributed by atoms with Crippen LogP contribution in [0.1, 0.15) is 59.4 Å². The van der Waals surface area contributed by atoms with Crippen molar-refractivity contribution in [1.82, 2.24) is 4.90 Å². The van der Waals surface area contributed by atoms with Crippen LogP contribution < -0.4 is 10.2 Å². The van der Waals surface area contributed by atoms with Crippen molar-refractivity contribution in [2.75, 3.05) is 23.3 Å². The van der Waals surface area contributed by atoms with Crippen molar-refractivity contribution in [3.63, 3.8) is 0 Å². The highest BCUT2D eigenvalue weighted by Gasteiger charge is 2.38. The molecule has 0 bridgehead atoms. The lowest BCUT2D eigenvalue weighted by Crippen LogP contribution is -2.57. The predicted molar refractivity (Wildman–Crippen MR) is 112 cm³/mol. The van der Waals surface area contributed by atoms with Gasteiger partial charge < -0.3 is 15.1 Å². The minimum Gasteiger partial charge on any atom is -0.351 e. The van der Waals surface area contributed by atoms with Gasteiger partial charge in [0.2, 0.25) is 0 Å². The Kier molecular flexibility index (Phi) is 5.07. The summed E-state index contributed by atoms with van der Waals surface area (Å²) in [5.74, 6) is -0.0619. The quantitative estimate of drug-likeness (QED) is 0.865. The average molecular weight is 377 g/mol. The molecule has 146 valence electrons. The Hall–Kier alpha value is -2.82. The minimum atomic E-state index is -0.151. The van der Waals surface area contributed by atoms with Gasteiger partial charge in [-0.1, -0.05) is 19.1 Å². The van der Waals surface area contributed by atoms with Gasteiger partial charge in [-0.05, 0) is 68.5 Å². The number of carbonyl (C=O) groups is 2. The molecule has 28 heavy (non-hydrogen) atoms. The average Bonchev–Trinajstić information content (AvgIpc) is 2.74. The van der Waals surface area contributed by atoms with Crippen LogP contribution in [-0.2, 0) is 6.42 Å². The van der Waals surface area contributed by atoms with Gasteiger partial charge in [-0.2, -0.15) is 0 Å². The van der Waals surface area contributed by atoms with Gasteiger partial charge in [0.25, 0.3) is 11.8 Å². The number of anilines is 2. The van der Waals surface area contributed by atoms with Crippen molar-refractivity contribution < 1.29 is 9.59 Å². The zero-order valence-electron chi connectivity index (χ0n) is 16.6. The number of hydrogen-bond acceptors (Lipinski definition) is 3. The maximum absolute atomic E-state index is 12.9. The molecule has 1 fully saturated rings. The molecule has 0 radical (unpaired) electrons. The standard InChI is InChI=1S/C23H27N3O2/c1-3-16-8-11-18(12-9-16)24-22(27)17-10-13-19-20(15-17)25(4-2)21-7-5-6-14-26(21)23(19)28/h8-13,15,21H,3-7,14H2,1-2H3,(H,24,27)/t21-/m1/s1. The molecule has 5 nitrogen and oxygen atoms in total. The number of amides is 2. The summed E-state index contributed by atoms with van der Waals surface area (Å²) in [7, 11) is 0. The van der Waals surface area contributed by atoms with Gasteiger partial charge in [0.1, 0.15) is 6.17 Å². The van der Waals surface area contributed by atoms with Crippen LogP contribution in [0.4, 0.5) is 11.4 Å². The second kappa shape index (κ2) is 7.66. The normalized spacial score (nSPS) is 18.5. The van der Waals surface area contributed by atoms with Crippen molar-refractivity contribution in [3.8, 4) is 0 Å². The summed E-state index contributed by atoms with van der Waals surface area (Å²) in [6.07, 6.45) is 4.26. The predicted octanol–water partition coefficient (Wildman–Crippen LogP) is 4.29. The summed E-state index contributed by atoms with van der Waals surface area (Å²) in [5, 5.41) is 2.96. The third-order valence-corrected chi connectivity index (χ3v) is 5.85. The molecule has 2 aliphatic heterocycles. The smallest absolute Gasteiger partial charge is 0.257 e. The van der Waals surface area contributed by atoms with Gasteiger partial charge in [-0.15, -0.1) is 0 Å². The molecule has 0 spiro atoms. The molecule has 1 saturated heterocycles. The van der Waals surface area contributed by atoms with Crippen LogP contribution in [0.3, 0.4) is 0 Å². The van der Waals surface area contributed by atoms with Gasteiger partial charge in [0.05, 0.1) is 11.3 Å². The van der Waals surface area contributed by atoms with E-state index in [1.54, 1.807) is 12.1 Å². The first kappa shape index (κ1) is 18.5. The van der Waals surface area contributed by atoms with Crippen LogP contribution in [0.25, 0.3) is 0 Å². The SMILES string of the molecule is CCc1ccc(NC(=O)c2ccc3c(c2)N(CC)[C@H]2CCCCN2C3=O)cc1. The maximum Gasteiger partial charge on any atom is 0.257 e. The van der Waals surface area contributed by atoms with E-state index in [1.165, 1.54) is 5.56 Å². The first-order valence-corrected chi connectivity index (χ1v) is 10.2. The van der Waals surface area contributed by atoms with E-state index in [0.29, 0.717) is 11.1 Å². The van der Waals surface area contributed by atoms with E-state index in [9.17, 15) is 9.59 Å². The second-order valence-corrected chi connectivity index (χ2v) is 7.50. The third kappa shape index (κ3) is 3.26. The Morgan fingerprint density at radius 1 is 1.11 bits per heavy atom. The fraction of sp³-hybridized carbons (Fsp3) is 0.391. The van der Waals surface area contributed by atoms with E-state index in [1.807, 2.05) is 35.2 Å². The number of piperidine rings is 1. The molecule has 0 aliphatic carbocycles. The summed E-state index contributed by atoms with van der Waals surface area (Å²) in [5.41, 5.74) is 4.17. The second-order valence-electron chi connectivity index (χ2n) is 7.50. The topological polar surface area (TPSA) is 52.7 Å². The molecule has 0 saturated carbocycles. The molecule has 5 heteroatoms. The fourth-order valence-corrected chi connectivity index (χ4v) is 4.29. The Morgan fingerprint density at radius 3 is 2.61 bits per heavy atom. The number of hydrogen-bond donors (Lipinski definition) is 1. The summed E-state index contributed by atoms with van der Waals surface area (Å²) in [4.78, 5) is 30.0. The summed E-state index contributed by atoms with van der Waals surface area (Å²) in [6, 6.07) is 13.3. The van der Waals surface area contributed by atoms with E-state index >= 15 is 0 Å². The van der Waals surface area contributed by atoms with Crippen molar-refractivity contribution in [1.29, 1.82) is 0 Å². The van der Waals surface area contributed by atoms with E-state index in [-0.39, 0.29) is 18.0 Å². The van der Waals surface area contributed by atoms with Crippen LogP contribution in [0.5, 0.6) is 0 Å². The molecule has 2 aromatic carbocycles.